The number of piperidine rings is 1. The molecule has 3 aliphatic heterocycles. The number of halogens is 2. The van der Waals surface area contributed by atoms with E-state index in [9.17, 15) is 13.6 Å². The summed E-state index contributed by atoms with van der Waals surface area (Å²) in [5.41, 5.74) is 7.09. The number of nitrogens with zero attached hydrogens (tertiary/aromatic N) is 5. The van der Waals surface area contributed by atoms with Crippen molar-refractivity contribution in [1.29, 1.82) is 0 Å². The van der Waals surface area contributed by atoms with E-state index >= 15 is 0 Å². The van der Waals surface area contributed by atoms with Gasteiger partial charge in [-0.15, -0.1) is 0 Å². The van der Waals surface area contributed by atoms with E-state index in [1.165, 1.54) is 11.1 Å². The lowest BCUT2D eigenvalue weighted by Crippen LogP contribution is -2.40. The van der Waals surface area contributed by atoms with Crippen LogP contribution in [0.2, 0.25) is 0 Å². The summed E-state index contributed by atoms with van der Waals surface area (Å²) in [5, 5.41) is 6.23. The summed E-state index contributed by atoms with van der Waals surface area (Å²) in [5.74, 6) is 0.378. The number of fused-ring (bicyclic) bond motifs is 2. The maximum absolute atomic E-state index is 14.6. The van der Waals surface area contributed by atoms with Crippen LogP contribution >= 0.6 is 0 Å². The minimum absolute atomic E-state index is 0.0102. The fourth-order valence-electron chi connectivity index (χ4n) is 6.89. The van der Waals surface area contributed by atoms with Crippen LogP contribution in [0, 0.1) is 0 Å². The van der Waals surface area contributed by atoms with E-state index in [2.05, 4.69) is 22.1 Å². The molecule has 0 bridgehead atoms. The molecule has 236 valence electrons. The number of hydroxylamine groups is 2. The van der Waals surface area contributed by atoms with Crippen molar-refractivity contribution < 1.29 is 23.1 Å². The molecule has 0 unspecified atom stereocenters. The molecule has 0 radical (unpaired) electrons. The predicted octanol–water partition coefficient (Wildman–Crippen LogP) is 7.14. The molecule has 44 heavy (non-hydrogen) atoms. The molecular formula is C34H43F2N5O3. The van der Waals surface area contributed by atoms with Gasteiger partial charge in [-0.2, -0.15) is 10.2 Å². The monoisotopic (exact) mass is 607 g/mol. The van der Waals surface area contributed by atoms with E-state index in [4.69, 9.17) is 9.57 Å². The SMILES string of the molecule is CON1CCC(c2cc3c(c(N4CCCc5cc(-c6cnn(C)c6)c(C(F)F)cc54)c2)CN(C(=O)OC(C)(C)C)CC3)CC1. The molecule has 0 N–H and O–H groups in total. The number of anilines is 2. The lowest BCUT2D eigenvalue weighted by atomic mass is 9.85. The first kappa shape index (κ1) is 30.5. The molecule has 2 aromatic carbocycles. The van der Waals surface area contributed by atoms with Crippen LogP contribution in [0.5, 0.6) is 0 Å². The maximum atomic E-state index is 14.6. The van der Waals surface area contributed by atoms with Gasteiger partial charge in [-0.25, -0.2) is 13.6 Å². The highest BCUT2D eigenvalue weighted by atomic mass is 19.3. The zero-order valence-corrected chi connectivity index (χ0v) is 26.4. The van der Waals surface area contributed by atoms with Gasteiger partial charge in [-0.1, -0.05) is 6.07 Å². The quantitative estimate of drug-likeness (QED) is 0.307. The van der Waals surface area contributed by atoms with Crippen LogP contribution in [0.4, 0.5) is 25.0 Å². The zero-order chi connectivity index (χ0) is 31.2. The van der Waals surface area contributed by atoms with E-state index < -0.39 is 12.0 Å². The Labute approximate surface area is 258 Å². The largest absolute Gasteiger partial charge is 0.444 e. The van der Waals surface area contributed by atoms with Gasteiger partial charge in [0.1, 0.15) is 5.60 Å². The first-order chi connectivity index (χ1) is 21.0. The number of amides is 1. The van der Waals surface area contributed by atoms with E-state index in [1.807, 2.05) is 31.9 Å². The summed E-state index contributed by atoms with van der Waals surface area (Å²) in [6, 6.07) is 8.20. The molecule has 1 amide bonds. The lowest BCUT2D eigenvalue weighted by Gasteiger charge is -2.39. The molecule has 1 aromatic heterocycles. The Morgan fingerprint density at radius 3 is 2.43 bits per heavy atom. The Bertz CT molecular complexity index is 1520. The summed E-state index contributed by atoms with van der Waals surface area (Å²) in [4.78, 5) is 22.6. The van der Waals surface area contributed by atoms with Crippen molar-refractivity contribution in [2.75, 3.05) is 38.2 Å². The summed E-state index contributed by atoms with van der Waals surface area (Å²) in [6.07, 6.45) is 4.86. The standard InChI is InChI=1S/C34H43F2N5O3/c1-34(2,3)44-33(42)39-12-8-23-15-25(22-9-13-40(43-5)14-10-22)17-31(29(23)21-39)41-11-6-7-24-16-27(26-19-37-38(4)20-26)28(32(35)36)18-30(24)41/h15-20,22,32H,6-14,21H2,1-5H3. The van der Waals surface area contributed by atoms with Gasteiger partial charge < -0.3 is 19.4 Å². The number of rotatable bonds is 5. The minimum Gasteiger partial charge on any atom is -0.444 e. The fourth-order valence-corrected chi connectivity index (χ4v) is 6.89. The van der Waals surface area contributed by atoms with Gasteiger partial charge in [0, 0.05) is 61.9 Å². The Kier molecular flexibility index (Phi) is 8.41. The highest BCUT2D eigenvalue weighted by Crippen LogP contribution is 2.45. The molecular weight excluding hydrogens is 564 g/mol. The van der Waals surface area contributed by atoms with Gasteiger partial charge in [0.2, 0.25) is 0 Å². The average Bonchev–Trinajstić information content (AvgIpc) is 3.44. The first-order valence-corrected chi connectivity index (χ1v) is 15.6. The molecule has 0 spiro atoms. The average molecular weight is 608 g/mol. The molecule has 10 heteroatoms. The topological polar surface area (TPSA) is 63.1 Å². The van der Waals surface area contributed by atoms with Gasteiger partial charge in [-0.05, 0) is 105 Å². The smallest absolute Gasteiger partial charge is 0.410 e. The Morgan fingerprint density at radius 2 is 1.77 bits per heavy atom. The summed E-state index contributed by atoms with van der Waals surface area (Å²) < 4.78 is 36.6. The molecule has 3 aliphatic rings. The minimum atomic E-state index is -2.63. The highest BCUT2D eigenvalue weighted by Gasteiger charge is 2.32. The number of benzene rings is 2. The Hall–Kier alpha value is -3.50. The van der Waals surface area contributed by atoms with Crippen LogP contribution in [-0.2, 0) is 36.0 Å². The van der Waals surface area contributed by atoms with Crippen molar-refractivity contribution in [3.63, 3.8) is 0 Å². The Morgan fingerprint density at radius 1 is 1.00 bits per heavy atom. The van der Waals surface area contributed by atoms with Crippen molar-refractivity contribution in [3.8, 4) is 11.1 Å². The molecule has 0 aliphatic carbocycles. The Balaban J connectivity index is 1.44. The second-order valence-electron chi connectivity index (χ2n) is 13.2. The van der Waals surface area contributed by atoms with Crippen molar-refractivity contribution in [1.82, 2.24) is 19.7 Å². The lowest BCUT2D eigenvalue weighted by molar-refractivity contribution is -0.143. The van der Waals surface area contributed by atoms with Crippen molar-refractivity contribution in [2.45, 2.75) is 77.4 Å². The van der Waals surface area contributed by atoms with E-state index in [0.717, 1.165) is 67.7 Å². The van der Waals surface area contributed by atoms with Gasteiger partial charge in [0.25, 0.3) is 6.43 Å². The predicted molar refractivity (Wildman–Crippen MR) is 166 cm³/mol. The number of aryl methyl sites for hydroxylation is 2. The number of aromatic nitrogens is 2. The van der Waals surface area contributed by atoms with Crippen molar-refractivity contribution in [2.24, 2.45) is 7.05 Å². The number of carbonyl (C=O) groups is 1. The van der Waals surface area contributed by atoms with Gasteiger partial charge in [-0.3, -0.25) is 4.68 Å². The van der Waals surface area contributed by atoms with Crippen LogP contribution < -0.4 is 4.90 Å². The van der Waals surface area contributed by atoms with Gasteiger partial charge in [0.15, 0.2) is 0 Å². The highest BCUT2D eigenvalue weighted by molar-refractivity contribution is 5.79. The second-order valence-corrected chi connectivity index (χ2v) is 13.2. The van der Waals surface area contributed by atoms with Gasteiger partial charge >= 0.3 is 6.09 Å². The summed E-state index contributed by atoms with van der Waals surface area (Å²) >= 11 is 0. The summed E-state index contributed by atoms with van der Waals surface area (Å²) in [7, 11) is 3.51. The number of ether oxygens (including phenoxy) is 1. The van der Waals surface area contributed by atoms with Crippen molar-refractivity contribution in [3.05, 3.63) is 64.5 Å². The fraction of sp³-hybridized carbons (Fsp3) is 0.529. The molecule has 0 atom stereocenters. The molecule has 3 aromatic rings. The van der Waals surface area contributed by atoms with Crippen LogP contribution in [0.15, 0.2) is 36.7 Å². The van der Waals surface area contributed by atoms with Crippen LogP contribution in [0.3, 0.4) is 0 Å². The third-order valence-electron chi connectivity index (χ3n) is 9.09. The number of carbonyl (C=O) groups excluding carboxylic acids is 1. The number of alkyl halides is 2. The van der Waals surface area contributed by atoms with E-state index in [0.29, 0.717) is 36.7 Å². The van der Waals surface area contributed by atoms with E-state index in [1.54, 1.807) is 42.2 Å². The second kappa shape index (κ2) is 12.1. The van der Waals surface area contributed by atoms with Crippen LogP contribution in [0.25, 0.3) is 11.1 Å². The zero-order valence-electron chi connectivity index (χ0n) is 26.4. The maximum Gasteiger partial charge on any atom is 0.410 e. The molecule has 8 nitrogen and oxygen atoms in total. The van der Waals surface area contributed by atoms with Crippen molar-refractivity contribution >= 4 is 17.5 Å². The molecule has 1 fully saturated rings. The third-order valence-corrected chi connectivity index (χ3v) is 9.09. The van der Waals surface area contributed by atoms with Crippen LogP contribution in [-0.4, -0.2) is 64.7 Å². The first-order valence-electron chi connectivity index (χ1n) is 15.6. The van der Waals surface area contributed by atoms with Gasteiger partial charge in [0.05, 0.1) is 19.9 Å². The van der Waals surface area contributed by atoms with E-state index in [-0.39, 0.29) is 11.7 Å². The number of hydrogen-bond acceptors (Lipinski definition) is 6. The van der Waals surface area contributed by atoms with Crippen LogP contribution in [0.1, 0.15) is 80.2 Å². The summed E-state index contributed by atoms with van der Waals surface area (Å²) in [6.45, 7) is 9.06. The molecule has 1 saturated heterocycles. The molecule has 0 saturated carbocycles. The third kappa shape index (κ3) is 6.19. The molecule has 6 rings (SSSR count). The number of hydrogen-bond donors (Lipinski definition) is 0. The normalized spacial score (nSPS) is 18.0. The molecule has 4 heterocycles.